The van der Waals surface area contributed by atoms with Gasteiger partial charge in [0, 0.05) is 32.0 Å². The molecule has 7 N–H and O–H groups in total. The summed E-state index contributed by atoms with van der Waals surface area (Å²) in [6.45, 7) is 5.62. The van der Waals surface area contributed by atoms with Crippen LogP contribution in [0.4, 0.5) is 0 Å². The van der Waals surface area contributed by atoms with E-state index in [4.69, 9.17) is 16.2 Å². The van der Waals surface area contributed by atoms with E-state index in [9.17, 15) is 28.8 Å². The standard InChI is InChI=1S/C25H42N6O7/c1-4-38-22(34)13-11-18(10-12-21(27)33)29-24(36)19(8-5-6-14-26)30-23(35)16(2)28-25(37)20-9-7-15-31(20)17(3)32/h11,13,16,18-20H,4-10,12,14-15,26H2,1-3H3,(H2,27,33)(H,28,37)(H,29,36)(H,30,35)/b13-11+/t16-,18-,19-,20-/m0/s1. The minimum absolute atomic E-state index is 0.0379. The van der Waals surface area contributed by atoms with Gasteiger partial charge in [-0.2, -0.15) is 0 Å². The van der Waals surface area contributed by atoms with E-state index in [0.717, 1.165) is 6.08 Å². The van der Waals surface area contributed by atoms with Gasteiger partial charge in [0.15, 0.2) is 0 Å². The molecule has 0 saturated carbocycles. The van der Waals surface area contributed by atoms with E-state index in [2.05, 4.69) is 16.0 Å². The predicted octanol–water partition coefficient (Wildman–Crippen LogP) is -1.01. The van der Waals surface area contributed by atoms with E-state index in [1.807, 2.05) is 0 Å². The molecule has 214 valence electrons. The van der Waals surface area contributed by atoms with Gasteiger partial charge in [-0.15, -0.1) is 0 Å². The Kier molecular flexibility index (Phi) is 14.7. The van der Waals surface area contributed by atoms with Crippen molar-refractivity contribution in [3.63, 3.8) is 0 Å². The van der Waals surface area contributed by atoms with Crippen LogP contribution in [0.3, 0.4) is 0 Å². The van der Waals surface area contributed by atoms with Crippen molar-refractivity contribution in [2.75, 3.05) is 19.7 Å². The molecular formula is C25H42N6O7. The molecule has 0 aliphatic carbocycles. The van der Waals surface area contributed by atoms with Crippen LogP contribution in [-0.4, -0.2) is 84.3 Å². The number of carbonyl (C=O) groups is 6. The molecule has 1 rings (SSSR count). The number of carbonyl (C=O) groups excluding carboxylic acids is 6. The molecule has 5 amide bonds. The number of nitrogens with one attached hydrogen (secondary N) is 3. The van der Waals surface area contributed by atoms with Gasteiger partial charge in [0.05, 0.1) is 6.61 Å². The fraction of sp³-hybridized carbons (Fsp3) is 0.680. The summed E-state index contributed by atoms with van der Waals surface area (Å²) in [6.07, 6.45) is 5.33. The van der Waals surface area contributed by atoms with Crippen molar-refractivity contribution in [3.05, 3.63) is 12.2 Å². The van der Waals surface area contributed by atoms with Gasteiger partial charge in [-0.3, -0.25) is 24.0 Å². The molecule has 0 aromatic heterocycles. The largest absolute Gasteiger partial charge is 0.463 e. The Labute approximate surface area is 223 Å². The lowest BCUT2D eigenvalue weighted by Crippen LogP contribution is -2.56. The van der Waals surface area contributed by atoms with Crippen LogP contribution in [0.2, 0.25) is 0 Å². The Bertz CT molecular complexity index is 878. The lowest BCUT2D eigenvalue weighted by molar-refractivity contribution is -0.138. The highest BCUT2D eigenvalue weighted by Crippen LogP contribution is 2.17. The molecule has 0 aromatic rings. The quantitative estimate of drug-likeness (QED) is 0.0933. The zero-order chi connectivity index (χ0) is 28.7. The number of esters is 1. The van der Waals surface area contributed by atoms with Gasteiger partial charge >= 0.3 is 5.97 Å². The van der Waals surface area contributed by atoms with E-state index in [0.29, 0.717) is 38.8 Å². The number of hydrogen-bond donors (Lipinski definition) is 5. The number of nitrogens with two attached hydrogens (primary N) is 2. The van der Waals surface area contributed by atoms with Gasteiger partial charge in [-0.1, -0.05) is 6.08 Å². The number of nitrogens with zero attached hydrogens (tertiary/aromatic N) is 1. The highest BCUT2D eigenvalue weighted by molar-refractivity contribution is 5.94. The fourth-order valence-electron chi connectivity index (χ4n) is 4.03. The molecule has 0 bridgehead atoms. The number of hydrogen-bond acceptors (Lipinski definition) is 8. The molecule has 1 fully saturated rings. The molecule has 0 radical (unpaired) electrons. The average molecular weight is 539 g/mol. The molecule has 0 spiro atoms. The van der Waals surface area contributed by atoms with Crippen molar-refractivity contribution in [3.8, 4) is 0 Å². The molecule has 1 saturated heterocycles. The van der Waals surface area contributed by atoms with E-state index in [1.165, 1.54) is 24.8 Å². The van der Waals surface area contributed by atoms with Gasteiger partial charge in [0.2, 0.25) is 29.5 Å². The van der Waals surface area contributed by atoms with Crippen LogP contribution in [0, 0.1) is 0 Å². The molecule has 1 aliphatic heterocycles. The van der Waals surface area contributed by atoms with Crippen molar-refractivity contribution in [1.82, 2.24) is 20.9 Å². The summed E-state index contributed by atoms with van der Waals surface area (Å²) in [5.41, 5.74) is 10.8. The topological polar surface area (TPSA) is 203 Å². The number of primary amides is 1. The molecule has 4 atom stereocenters. The summed E-state index contributed by atoms with van der Waals surface area (Å²) in [6, 6.07) is -3.27. The summed E-state index contributed by atoms with van der Waals surface area (Å²) in [7, 11) is 0. The van der Waals surface area contributed by atoms with Gasteiger partial charge in [-0.25, -0.2) is 4.79 Å². The van der Waals surface area contributed by atoms with Gasteiger partial charge in [-0.05, 0) is 58.9 Å². The first-order valence-electron chi connectivity index (χ1n) is 13.0. The first-order valence-corrected chi connectivity index (χ1v) is 13.0. The van der Waals surface area contributed by atoms with Gasteiger partial charge in [0.1, 0.15) is 18.1 Å². The van der Waals surface area contributed by atoms with Crippen molar-refractivity contribution in [1.29, 1.82) is 0 Å². The third-order valence-electron chi connectivity index (χ3n) is 6.07. The summed E-state index contributed by atoms with van der Waals surface area (Å²) in [5.74, 6) is -2.92. The van der Waals surface area contributed by atoms with Crippen LogP contribution in [0.1, 0.15) is 65.7 Å². The third-order valence-corrected chi connectivity index (χ3v) is 6.07. The van der Waals surface area contributed by atoms with Gasteiger partial charge < -0.3 is 37.1 Å². The highest BCUT2D eigenvalue weighted by Gasteiger charge is 2.34. The molecule has 0 unspecified atom stereocenters. The van der Waals surface area contributed by atoms with Crippen molar-refractivity contribution in [2.24, 2.45) is 11.5 Å². The Hall–Kier alpha value is -3.48. The first kappa shape index (κ1) is 32.5. The number of rotatable bonds is 16. The first-order chi connectivity index (χ1) is 18.0. The Morgan fingerprint density at radius 2 is 1.76 bits per heavy atom. The average Bonchev–Trinajstić information content (AvgIpc) is 3.35. The summed E-state index contributed by atoms with van der Waals surface area (Å²) in [5, 5.41) is 8.02. The second-order valence-electron chi connectivity index (χ2n) is 9.18. The molecule has 13 nitrogen and oxygen atoms in total. The minimum Gasteiger partial charge on any atom is -0.463 e. The Morgan fingerprint density at radius 3 is 2.37 bits per heavy atom. The van der Waals surface area contributed by atoms with Crippen LogP contribution < -0.4 is 27.4 Å². The second-order valence-corrected chi connectivity index (χ2v) is 9.18. The van der Waals surface area contributed by atoms with Crippen molar-refractivity contribution < 1.29 is 33.5 Å². The van der Waals surface area contributed by atoms with Crippen molar-refractivity contribution in [2.45, 2.75) is 89.9 Å². The Balaban J connectivity index is 2.89. The maximum Gasteiger partial charge on any atom is 0.330 e. The maximum atomic E-state index is 13.1. The van der Waals surface area contributed by atoms with Crippen LogP contribution >= 0.6 is 0 Å². The number of amides is 5. The van der Waals surface area contributed by atoms with Crippen LogP contribution in [-0.2, 0) is 33.5 Å². The predicted molar refractivity (Wildman–Crippen MR) is 139 cm³/mol. The molecule has 38 heavy (non-hydrogen) atoms. The molecule has 1 heterocycles. The van der Waals surface area contributed by atoms with E-state index in [-0.39, 0.29) is 31.8 Å². The summed E-state index contributed by atoms with van der Waals surface area (Å²) in [4.78, 5) is 74.9. The van der Waals surface area contributed by atoms with Crippen LogP contribution in [0.15, 0.2) is 12.2 Å². The normalized spacial score (nSPS) is 17.4. The van der Waals surface area contributed by atoms with Crippen LogP contribution in [0.25, 0.3) is 0 Å². The lowest BCUT2D eigenvalue weighted by atomic mass is 10.1. The number of ether oxygens (including phenoxy) is 1. The second kappa shape index (κ2) is 17.1. The smallest absolute Gasteiger partial charge is 0.330 e. The summed E-state index contributed by atoms with van der Waals surface area (Å²) < 4.78 is 4.85. The minimum atomic E-state index is -0.962. The molecule has 1 aliphatic rings. The molecule has 0 aromatic carbocycles. The van der Waals surface area contributed by atoms with Crippen LogP contribution in [0.5, 0.6) is 0 Å². The summed E-state index contributed by atoms with van der Waals surface area (Å²) >= 11 is 0. The Morgan fingerprint density at radius 1 is 1.05 bits per heavy atom. The molecule has 13 heteroatoms. The van der Waals surface area contributed by atoms with E-state index in [1.54, 1.807) is 6.92 Å². The monoisotopic (exact) mass is 538 g/mol. The third kappa shape index (κ3) is 11.7. The van der Waals surface area contributed by atoms with E-state index < -0.39 is 53.8 Å². The zero-order valence-corrected chi connectivity index (χ0v) is 22.5. The van der Waals surface area contributed by atoms with Gasteiger partial charge in [0.25, 0.3) is 0 Å². The molecular weight excluding hydrogens is 496 g/mol. The maximum absolute atomic E-state index is 13.1. The van der Waals surface area contributed by atoms with E-state index >= 15 is 0 Å². The fourth-order valence-corrected chi connectivity index (χ4v) is 4.03. The van der Waals surface area contributed by atoms with Crippen molar-refractivity contribution >= 4 is 35.5 Å². The lowest BCUT2D eigenvalue weighted by Gasteiger charge is -2.26. The number of likely N-dealkylation sites (tertiary alicyclic amines) is 1. The highest BCUT2D eigenvalue weighted by atomic mass is 16.5. The SMILES string of the molecule is CCOC(=O)/C=C/[C@H](CCC(N)=O)NC(=O)[C@H](CCCCN)NC(=O)[C@H](C)NC(=O)[C@@H]1CCCN1C(C)=O. The zero-order valence-electron chi connectivity index (χ0n) is 22.5. The number of unbranched alkanes of at least 4 members (excludes halogenated alkanes) is 1.